The summed E-state index contributed by atoms with van der Waals surface area (Å²) in [6.07, 6.45) is 0.349. The maximum absolute atomic E-state index is 11.9. The van der Waals surface area contributed by atoms with Gasteiger partial charge in [-0.1, -0.05) is 23.2 Å². The van der Waals surface area contributed by atoms with E-state index in [-0.39, 0.29) is 11.9 Å². The first-order valence-electron chi connectivity index (χ1n) is 6.13. The van der Waals surface area contributed by atoms with Crippen molar-refractivity contribution >= 4 is 34.8 Å². The predicted molar refractivity (Wildman–Crippen MR) is 77.1 cm³/mol. The number of carbonyl (C=O) groups is 1. The molecule has 1 aliphatic heterocycles. The molecule has 4 nitrogen and oxygen atoms in total. The van der Waals surface area contributed by atoms with Gasteiger partial charge in [0, 0.05) is 24.0 Å². The number of amides is 1. The number of aryl methyl sites for hydroxylation is 1. The van der Waals surface area contributed by atoms with E-state index >= 15 is 0 Å². The smallest absolute Gasteiger partial charge is 0.226 e. The van der Waals surface area contributed by atoms with E-state index in [2.05, 4.69) is 10.6 Å². The van der Waals surface area contributed by atoms with E-state index in [4.69, 9.17) is 27.9 Å². The summed E-state index contributed by atoms with van der Waals surface area (Å²) in [5.41, 5.74) is 1.42. The highest BCUT2D eigenvalue weighted by atomic mass is 35.5. The highest BCUT2D eigenvalue weighted by molar-refractivity contribution is 6.36. The molecule has 0 aromatic heterocycles. The highest BCUT2D eigenvalue weighted by Gasteiger charge is 2.17. The number of benzene rings is 1. The van der Waals surface area contributed by atoms with Gasteiger partial charge in [-0.3, -0.25) is 4.79 Å². The van der Waals surface area contributed by atoms with E-state index in [1.165, 1.54) is 0 Å². The van der Waals surface area contributed by atoms with Crippen molar-refractivity contribution in [1.82, 2.24) is 5.32 Å². The Morgan fingerprint density at radius 1 is 1.47 bits per heavy atom. The van der Waals surface area contributed by atoms with Crippen molar-refractivity contribution in [3.63, 3.8) is 0 Å². The maximum Gasteiger partial charge on any atom is 0.226 e. The molecule has 1 aliphatic rings. The van der Waals surface area contributed by atoms with Gasteiger partial charge in [0.15, 0.2) is 0 Å². The van der Waals surface area contributed by atoms with Gasteiger partial charge in [-0.15, -0.1) is 0 Å². The molecule has 19 heavy (non-hydrogen) atoms. The van der Waals surface area contributed by atoms with Gasteiger partial charge in [0.05, 0.1) is 23.9 Å². The first kappa shape index (κ1) is 14.6. The van der Waals surface area contributed by atoms with Crippen LogP contribution >= 0.6 is 23.2 Å². The lowest BCUT2D eigenvalue weighted by Gasteiger charge is -2.23. The summed E-state index contributed by atoms with van der Waals surface area (Å²) in [5, 5.41) is 7.07. The third-order valence-electron chi connectivity index (χ3n) is 2.95. The lowest BCUT2D eigenvalue weighted by molar-refractivity contribution is -0.117. The average molecular weight is 303 g/mol. The van der Waals surface area contributed by atoms with Gasteiger partial charge < -0.3 is 15.4 Å². The van der Waals surface area contributed by atoms with Gasteiger partial charge in [-0.2, -0.15) is 0 Å². The van der Waals surface area contributed by atoms with Crippen molar-refractivity contribution in [2.45, 2.75) is 19.4 Å². The van der Waals surface area contributed by atoms with E-state index in [0.29, 0.717) is 35.4 Å². The Hall–Kier alpha value is -0.810. The zero-order chi connectivity index (χ0) is 13.8. The Balaban J connectivity index is 1.96. The summed E-state index contributed by atoms with van der Waals surface area (Å²) in [4.78, 5) is 11.9. The van der Waals surface area contributed by atoms with Crippen LogP contribution in [0.4, 0.5) is 5.69 Å². The summed E-state index contributed by atoms with van der Waals surface area (Å²) in [7, 11) is 0. The fourth-order valence-electron chi connectivity index (χ4n) is 1.92. The lowest BCUT2D eigenvalue weighted by Crippen LogP contribution is -2.43. The first-order valence-corrected chi connectivity index (χ1v) is 6.88. The number of rotatable bonds is 3. The van der Waals surface area contributed by atoms with Crippen LogP contribution in [0.2, 0.25) is 10.0 Å². The number of halogens is 2. The standard InChI is InChI=1S/C13H16Cl2N2O2/c1-8-4-11(15)12(6-10(8)14)17-13(18)5-9-7-19-3-2-16-9/h4,6,9,16H,2-3,5,7H2,1H3,(H,17,18). The van der Waals surface area contributed by atoms with Gasteiger partial charge in [0.1, 0.15) is 0 Å². The average Bonchev–Trinajstić information content (AvgIpc) is 2.37. The molecule has 0 radical (unpaired) electrons. The zero-order valence-electron chi connectivity index (χ0n) is 10.6. The van der Waals surface area contributed by atoms with Crippen LogP contribution in [0.15, 0.2) is 12.1 Å². The van der Waals surface area contributed by atoms with Gasteiger partial charge in [0.25, 0.3) is 0 Å². The third-order valence-corrected chi connectivity index (χ3v) is 3.67. The molecule has 6 heteroatoms. The Morgan fingerprint density at radius 3 is 2.95 bits per heavy atom. The minimum atomic E-state index is -0.107. The summed E-state index contributed by atoms with van der Waals surface area (Å²) < 4.78 is 5.30. The molecule has 0 saturated carbocycles. The molecule has 1 atom stereocenters. The van der Waals surface area contributed by atoms with Crippen LogP contribution in [0.25, 0.3) is 0 Å². The van der Waals surface area contributed by atoms with Crippen molar-refractivity contribution in [2.75, 3.05) is 25.1 Å². The summed E-state index contributed by atoms with van der Waals surface area (Å²) in [6, 6.07) is 3.46. The molecular formula is C13H16Cl2N2O2. The molecule has 2 rings (SSSR count). The third kappa shape index (κ3) is 4.08. The normalized spacial score (nSPS) is 19.2. The van der Waals surface area contributed by atoms with Crippen LogP contribution in [0, 0.1) is 6.92 Å². The van der Waals surface area contributed by atoms with Crippen molar-refractivity contribution < 1.29 is 9.53 Å². The van der Waals surface area contributed by atoms with Crippen LogP contribution < -0.4 is 10.6 Å². The van der Waals surface area contributed by atoms with Gasteiger partial charge in [-0.25, -0.2) is 0 Å². The number of carbonyl (C=O) groups excluding carboxylic acids is 1. The molecule has 1 amide bonds. The molecule has 1 heterocycles. The van der Waals surface area contributed by atoms with Crippen LogP contribution in [0.5, 0.6) is 0 Å². The molecule has 1 saturated heterocycles. The van der Waals surface area contributed by atoms with E-state index < -0.39 is 0 Å². The molecule has 2 N–H and O–H groups in total. The molecule has 104 valence electrons. The van der Waals surface area contributed by atoms with Crippen molar-refractivity contribution in [3.05, 3.63) is 27.7 Å². The monoisotopic (exact) mass is 302 g/mol. The molecule has 0 bridgehead atoms. The minimum Gasteiger partial charge on any atom is -0.378 e. The molecule has 1 aromatic rings. The molecular weight excluding hydrogens is 287 g/mol. The number of ether oxygens (including phenoxy) is 1. The van der Waals surface area contributed by atoms with Gasteiger partial charge in [-0.05, 0) is 24.6 Å². The Kier molecular flexibility index (Phi) is 5.05. The Bertz CT molecular complexity index is 474. The van der Waals surface area contributed by atoms with Crippen molar-refractivity contribution in [1.29, 1.82) is 0 Å². The lowest BCUT2D eigenvalue weighted by atomic mass is 10.1. The second-order valence-electron chi connectivity index (χ2n) is 4.56. The SMILES string of the molecule is Cc1cc(Cl)c(NC(=O)CC2COCCN2)cc1Cl. The van der Waals surface area contributed by atoms with E-state index in [1.54, 1.807) is 12.1 Å². The van der Waals surface area contributed by atoms with E-state index in [9.17, 15) is 4.79 Å². The Labute approximate surface area is 122 Å². The van der Waals surface area contributed by atoms with Crippen molar-refractivity contribution in [3.8, 4) is 0 Å². The number of hydrogen-bond donors (Lipinski definition) is 2. The zero-order valence-corrected chi connectivity index (χ0v) is 12.1. The molecule has 0 spiro atoms. The predicted octanol–water partition coefficient (Wildman–Crippen LogP) is 2.62. The van der Waals surface area contributed by atoms with E-state index in [0.717, 1.165) is 12.1 Å². The molecule has 0 aliphatic carbocycles. The summed E-state index contributed by atoms with van der Waals surface area (Å²) >= 11 is 12.1. The Morgan fingerprint density at radius 2 is 2.26 bits per heavy atom. The first-order chi connectivity index (χ1) is 9.06. The number of morpholine rings is 1. The van der Waals surface area contributed by atoms with Crippen LogP contribution in [0.3, 0.4) is 0 Å². The van der Waals surface area contributed by atoms with Crippen LogP contribution in [-0.4, -0.2) is 31.7 Å². The largest absolute Gasteiger partial charge is 0.378 e. The topological polar surface area (TPSA) is 50.4 Å². The second-order valence-corrected chi connectivity index (χ2v) is 5.37. The van der Waals surface area contributed by atoms with Crippen molar-refractivity contribution in [2.24, 2.45) is 0 Å². The summed E-state index contributed by atoms with van der Waals surface area (Å²) in [5.74, 6) is -0.107. The van der Waals surface area contributed by atoms with Crippen LogP contribution in [-0.2, 0) is 9.53 Å². The number of nitrogens with one attached hydrogen (secondary N) is 2. The maximum atomic E-state index is 11.9. The van der Waals surface area contributed by atoms with Gasteiger partial charge in [0.2, 0.25) is 5.91 Å². The fraction of sp³-hybridized carbons (Fsp3) is 0.462. The van der Waals surface area contributed by atoms with Crippen LogP contribution in [0.1, 0.15) is 12.0 Å². The van der Waals surface area contributed by atoms with E-state index in [1.807, 2.05) is 6.92 Å². The second kappa shape index (κ2) is 6.57. The fourth-order valence-corrected chi connectivity index (χ4v) is 2.35. The molecule has 1 unspecified atom stereocenters. The minimum absolute atomic E-state index is 0.0495. The molecule has 1 aromatic carbocycles. The summed E-state index contributed by atoms with van der Waals surface area (Å²) in [6.45, 7) is 3.88. The van der Waals surface area contributed by atoms with Gasteiger partial charge >= 0.3 is 0 Å². The number of hydrogen-bond acceptors (Lipinski definition) is 3. The molecule has 1 fully saturated rings. The number of anilines is 1. The highest BCUT2D eigenvalue weighted by Crippen LogP contribution is 2.28. The quantitative estimate of drug-likeness (QED) is 0.902.